The van der Waals surface area contributed by atoms with Gasteiger partial charge in [-0.15, -0.1) is 0 Å². The van der Waals surface area contributed by atoms with E-state index < -0.39 is 0 Å². The van der Waals surface area contributed by atoms with Crippen LogP contribution in [-0.4, -0.2) is 19.9 Å². The predicted molar refractivity (Wildman–Crippen MR) is 234 cm³/mol. The second-order valence-electron chi connectivity index (χ2n) is 14.5. The molecule has 0 aliphatic rings. The first-order chi connectivity index (χ1) is 28.3. The number of fused-ring (bicyclic) bond motifs is 12. The van der Waals surface area contributed by atoms with Crippen molar-refractivity contribution in [3.8, 4) is 45.4 Å². The molecule has 0 atom stereocenters. The van der Waals surface area contributed by atoms with Crippen LogP contribution in [0.4, 0.5) is 0 Å². The Morgan fingerprint density at radius 2 is 0.825 bits per heavy atom. The van der Waals surface area contributed by atoms with Crippen molar-refractivity contribution < 1.29 is 4.42 Å². The topological polar surface area (TPSA) is 64.7 Å². The minimum absolute atomic E-state index is 0.607. The molecule has 0 N–H and O–H groups in total. The third-order valence-electron chi connectivity index (χ3n) is 11.3. The molecule has 12 aromatic rings. The molecule has 9 aromatic carbocycles. The highest BCUT2D eigenvalue weighted by atomic mass is 16.3. The van der Waals surface area contributed by atoms with Crippen molar-refractivity contribution in [2.45, 2.75) is 0 Å². The number of para-hydroxylation sites is 2. The lowest BCUT2D eigenvalue weighted by molar-refractivity contribution is 0.672. The number of rotatable bonds is 4. The van der Waals surface area contributed by atoms with E-state index in [1.54, 1.807) is 0 Å². The number of nitrogens with zero attached hydrogens (tertiary/aromatic N) is 4. The van der Waals surface area contributed by atoms with Gasteiger partial charge in [-0.3, -0.25) is 0 Å². The maximum Gasteiger partial charge on any atom is 0.164 e. The molecule has 5 nitrogen and oxygen atoms in total. The molecule has 3 aromatic heterocycles. The molecule has 0 saturated heterocycles. The largest absolute Gasteiger partial charge is 0.455 e. The Morgan fingerprint density at radius 3 is 1.54 bits per heavy atom. The third kappa shape index (κ3) is 4.89. The second-order valence-corrected chi connectivity index (χ2v) is 14.5. The number of pyridine rings is 1. The van der Waals surface area contributed by atoms with Crippen LogP contribution in [0.25, 0.3) is 121 Å². The standard InChI is InChI=1S/C52H30N4O/c1-2-14-31(15-3-1)50-54-51(32-26-27-39-35-18-5-4-16-33(35)34-17-6-9-21-38(34)44(39)30-32)56-52(55-50)41-29-28-40(36-19-7-8-20-37(36)41)48-47-43-23-11-13-25-46(43)57-49(47)42-22-10-12-24-45(42)53-48/h1-30H. The van der Waals surface area contributed by atoms with Crippen molar-refractivity contribution in [2.75, 3.05) is 0 Å². The molecule has 0 aliphatic heterocycles. The summed E-state index contributed by atoms with van der Waals surface area (Å²) in [6.07, 6.45) is 0. The molecule has 12 rings (SSSR count). The molecular formula is C52H30N4O. The van der Waals surface area contributed by atoms with Crippen LogP contribution in [-0.2, 0) is 0 Å². The zero-order valence-electron chi connectivity index (χ0n) is 30.5. The van der Waals surface area contributed by atoms with E-state index in [2.05, 4.69) is 140 Å². The molecule has 0 unspecified atom stereocenters. The van der Waals surface area contributed by atoms with Gasteiger partial charge in [-0.2, -0.15) is 0 Å². The lowest BCUT2D eigenvalue weighted by Crippen LogP contribution is -2.01. The number of furan rings is 1. The van der Waals surface area contributed by atoms with Crippen LogP contribution in [0.5, 0.6) is 0 Å². The molecular weight excluding hydrogens is 697 g/mol. The van der Waals surface area contributed by atoms with E-state index in [9.17, 15) is 0 Å². The van der Waals surface area contributed by atoms with Gasteiger partial charge in [0.05, 0.1) is 16.6 Å². The average molecular weight is 727 g/mol. The Labute approximate surface area is 326 Å². The molecule has 0 radical (unpaired) electrons. The summed E-state index contributed by atoms with van der Waals surface area (Å²) in [4.78, 5) is 20.9. The van der Waals surface area contributed by atoms with Crippen molar-refractivity contribution in [2.24, 2.45) is 0 Å². The zero-order valence-corrected chi connectivity index (χ0v) is 30.5. The normalized spacial score (nSPS) is 11.9. The van der Waals surface area contributed by atoms with Crippen LogP contribution in [0, 0.1) is 0 Å². The fourth-order valence-electron chi connectivity index (χ4n) is 8.69. The second kappa shape index (κ2) is 12.4. The summed E-state index contributed by atoms with van der Waals surface area (Å²) in [6.45, 7) is 0. The van der Waals surface area contributed by atoms with Crippen LogP contribution in [0.2, 0.25) is 0 Å². The lowest BCUT2D eigenvalue weighted by Gasteiger charge is -2.14. The van der Waals surface area contributed by atoms with E-state index in [0.717, 1.165) is 71.6 Å². The monoisotopic (exact) mass is 726 g/mol. The molecule has 0 spiro atoms. The minimum Gasteiger partial charge on any atom is -0.455 e. The van der Waals surface area contributed by atoms with Crippen molar-refractivity contribution >= 4 is 75.9 Å². The van der Waals surface area contributed by atoms with Gasteiger partial charge < -0.3 is 4.42 Å². The van der Waals surface area contributed by atoms with Gasteiger partial charge >= 0.3 is 0 Å². The minimum atomic E-state index is 0.607. The summed E-state index contributed by atoms with van der Waals surface area (Å²) in [7, 11) is 0. The molecule has 0 aliphatic carbocycles. The Kier molecular flexibility index (Phi) is 6.86. The molecule has 0 bridgehead atoms. The third-order valence-corrected chi connectivity index (χ3v) is 11.3. The zero-order chi connectivity index (χ0) is 37.5. The fraction of sp³-hybridized carbons (Fsp3) is 0. The SMILES string of the molecule is c1ccc(-c2nc(-c3ccc4c5ccccc5c5ccccc5c4c3)nc(-c3ccc(-c4nc5ccccc5c5oc6ccccc6c45)c4ccccc34)n2)cc1. The van der Waals surface area contributed by atoms with Gasteiger partial charge in [0.1, 0.15) is 11.2 Å². The van der Waals surface area contributed by atoms with Crippen LogP contribution in [0.15, 0.2) is 186 Å². The summed E-state index contributed by atoms with van der Waals surface area (Å²) < 4.78 is 6.55. The highest BCUT2D eigenvalue weighted by Gasteiger charge is 2.21. The van der Waals surface area contributed by atoms with Gasteiger partial charge in [-0.25, -0.2) is 19.9 Å². The van der Waals surface area contributed by atoms with Gasteiger partial charge in [-0.05, 0) is 73.4 Å². The van der Waals surface area contributed by atoms with Gasteiger partial charge in [0.15, 0.2) is 17.5 Å². The molecule has 0 fully saturated rings. The number of hydrogen-bond donors (Lipinski definition) is 0. The van der Waals surface area contributed by atoms with E-state index in [1.165, 1.54) is 32.3 Å². The Morgan fingerprint density at radius 1 is 0.316 bits per heavy atom. The predicted octanol–water partition coefficient (Wildman–Crippen LogP) is 13.6. The number of hydrogen-bond acceptors (Lipinski definition) is 5. The first kappa shape index (κ1) is 31.6. The van der Waals surface area contributed by atoms with Gasteiger partial charge in [0.2, 0.25) is 0 Å². The Hall–Kier alpha value is -7.76. The van der Waals surface area contributed by atoms with Crippen molar-refractivity contribution in [3.63, 3.8) is 0 Å². The Bertz CT molecular complexity index is 3560. The number of aromatic nitrogens is 4. The maximum absolute atomic E-state index is 6.55. The lowest BCUT2D eigenvalue weighted by atomic mass is 9.93. The average Bonchev–Trinajstić information content (AvgIpc) is 3.69. The quantitative estimate of drug-likeness (QED) is 0.169. The van der Waals surface area contributed by atoms with Crippen LogP contribution in [0.3, 0.4) is 0 Å². The summed E-state index contributed by atoms with van der Waals surface area (Å²) >= 11 is 0. The van der Waals surface area contributed by atoms with Crippen molar-refractivity contribution in [1.82, 2.24) is 19.9 Å². The van der Waals surface area contributed by atoms with Crippen molar-refractivity contribution in [1.29, 1.82) is 0 Å². The summed E-state index contributed by atoms with van der Waals surface area (Å²) in [6, 6.07) is 63.2. The molecule has 57 heavy (non-hydrogen) atoms. The maximum atomic E-state index is 6.55. The Balaban J connectivity index is 1.10. The smallest absolute Gasteiger partial charge is 0.164 e. The van der Waals surface area contributed by atoms with Gasteiger partial charge in [-0.1, -0.05) is 152 Å². The van der Waals surface area contributed by atoms with E-state index in [1.807, 2.05) is 42.5 Å². The summed E-state index contributed by atoms with van der Waals surface area (Å²) in [5.41, 5.74) is 7.25. The molecule has 5 heteroatoms. The van der Waals surface area contributed by atoms with Crippen LogP contribution < -0.4 is 0 Å². The van der Waals surface area contributed by atoms with E-state index in [4.69, 9.17) is 24.4 Å². The molecule has 3 heterocycles. The van der Waals surface area contributed by atoms with Crippen molar-refractivity contribution in [3.05, 3.63) is 182 Å². The highest BCUT2D eigenvalue weighted by Crippen LogP contribution is 2.43. The first-order valence-electron chi connectivity index (χ1n) is 19.1. The molecule has 0 amide bonds. The van der Waals surface area contributed by atoms with Gasteiger partial charge in [0, 0.05) is 33.0 Å². The van der Waals surface area contributed by atoms with Gasteiger partial charge in [0.25, 0.3) is 0 Å². The summed E-state index contributed by atoms with van der Waals surface area (Å²) in [5, 5.41) is 12.4. The molecule has 0 saturated carbocycles. The number of benzene rings is 9. The first-order valence-corrected chi connectivity index (χ1v) is 19.1. The van der Waals surface area contributed by atoms with E-state index in [-0.39, 0.29) is 0 Å². The summed E-state index contributed by atoms with van der Waals surface area (Å²) in [5.74, 6) is 1.85. The highest BCUT2D eigenvalue weighted by molar-refractivity contribution is 6.26. The van der Waals surface area contributed by atoms with E-state index in [0.29, 0.717) is 17.5 Å². The van der Waals surface area contributed by atoms with Crippen LogP contribution in [0.1, 0.15) is 0 Å². The van der Waals surface area contributed by atoms with Crippen LogP contribution >= 0.6 is 0 Å². The molecule has 264 valence electrons. The fourth-order valence-corrected chi connectivity index (χ4v) is 8.69. The van der Waals surface area contributed by atoms with E-state index >= 15 is 0 Å².